The largest absolute Gasteiger partial charge is 0.466 e. The molecule has 2 aromatic rings. The summed E-state index contributed by atoms with van der Waals surface area (Å²) in [4.78, 5) is 28.0. The summed E-state index contributed by atoms with van der Waals surface area (Å²) < 4.78 is 15.6. The molecular weight excluding hydrogens is 342 g/mol. The third-order valence-corrected chi connectivity index (χ3v) is 4.84. The zero-order valence-corrected chi connectivity index (χ0v) is 15.0. The minimum atomic E-state index is -0.483. The van der Waals surface area contributed by atoms with E-state index in [0.29, 0.717) is 5.75 Å². The molecule has 1 aromatic carbocycles. The van der Waals surface area contributed by atoms with Crippen LogP contribution in [0, 0.1) is 0 Å². The topological polar surface area (TPSA) is 74.7 Å². The molecule has 0 bridgehead atoms. The van der Waals surface area contributed by atoms with Crippen LogP contribution in [0.25, 0.3) is 10.9 Å². The van der Waals surface area contributed by atoms with Crippen molar-refractivity contribution < 1.29 is 23.8 Å². The molecule has 25 heavy (non-hydrogen) atoms. The Labute approximate surface area is 149 Å². The van der Waals surface area contributed by atoms with Crippen LogP contribution in [0.4, 0.5) is 0 Å². The Bertz CT molecular complexity index is 821. The predicted octanol–water partition coefficient (Wildman–Crippen LogP) is 3.14. The molecule has 2 heterocycles. The van der Waals surface area contributed by atoms with Gasteiger partial charge in [0.1, 0.15) is 11.4 Å². The number of esters is 1. The number of nitrogens with zero attached hydrogens (tertiary/aromatic N) is 1. The number of fused-ring (bicyclic) bond motifs is 2. The summed E-state index contributed by atoms with van der Waals surface area (Å²) in [7, 11) is 0. The Hall–Kier alpha value is -2.28. The Morgan fingerprint density at radius 3 is 2.68 bits per heavy atom. The Kier molecular flexibility index (Phi) is 5.43. The van der Waals surface area contributed by atoms with E-state index in [0.717, 1.165) is 33.7 Å². The molecule has 1 aliphatic rings. The zero-order chi connectivity index (χ0) is 17.8. The number of Topliss-reactive ketones (excluding diaryl/α,β-unsaturated/α-hetero) is 1. The van der Waals surface area contributed by atoms with Gasteiger partial charge in [-0.1, -0.05) is 18.7 Å². The van der Waals surface area contributed by atoms with Crippen molar-refractivity contribution >= 4 is 34.4 Å². The molecule has 6 nitrogen and oxygen atoms in total. The van der Waals surface area contributed by atoms with Gasteiger partial charge in [0.05, 0.1) is 17.9 Å². The van der Waals surface area contributed by atoms with E-state index in [1.54, 1.807) is 6.92 Å². The molecule has 1 aromatic heterocycles. The Morgan fingerprint density at radius 1 is 1.20 bits per heavy atom. The summed E-state index contributed by atoms with van der Waals surface area (Å²) in [5.41, 5.74) is 1.85. The number of hydrogen-bond donors (Lipinski definition) is 0. The fraction of sp³-hybridized carbons (Fsp3) is 0.389. The van der Waals surface area contributed by atoms with Crippen molar-refractivity contribution in [3.63, 3.8) is 0 Å². The first-order chi connectivity index (χ1) is 12.1. The second-order valence-electron chi connectivity index (χ2n) is 5.51. The van der Waals surface area contributed by atoms with Gasteiger partial charge in [-0.25, -0.2) is 4.98 Å². The summed E-state index contributed by atoms with van der Waals surface area (Å²) >= 11 is 1.35. The summed E-state index contributed by atoms with van der Waals surface area (Å²) in [6.07, 6.45) is 0.598. The minimum absolute atomic E-state index is 0.168. The molecule has 0 unspecified atom stereocenters. The van der Waals surface area contributed by atoms with Crippen LogP contribution in [0.3, 0.4) is 0 Å². The minimum Gasteiger partial charge on any atom is -0.466 e. The molecule has 7 heteroatoms. The SMILES string of the molecule is CCOC(=O)CC(=O)CSc1nc2cc3c(cc2cc1CC)OCO3. The maximum Gasteiger partial charge on any atom is 0.313 e. The quantitative estimate of drug-likeness (QED) is 0.426. The van der Waals surface area contributed by atoms with Crippen LogP contribution in [0.1, 0.15) is 25.8 Å². The molecule has 0 amide bonds. The second kappa shape index (κ2) is 7.74. The number of benzene rings is 1. The number of aryl methyl sites for hydroxylation is 1. The third-order valence-electron chi connectivity index (χ3n) is 3.75. The van der Waals surface area contributed by atoms with Gasteiger partial charge in [-0.05, 0) is 31.0 Å². The fourth-order valence-corrected chi connectivity index (χ4v) is 3.49. The molecule has 3 rings (SSSR count). The van der Waals surface area contributed by atoms with E-state index >= 15 is 0 Å². The van der Waals surface area contributed by atoms with Crippen LogP contribution in [-0.2, 0) is 20.7 Å². The standard InChI is InChI=1S/C18H19NO5S/c1-3-11-5-12-6-15-16(24-10-23-15)8-14(12)19-18(11)25-9-13(20)7-17(21)22-4-2/h5-6,8H,3-4,7,9-10H2,1-2H3. The number of rotatable bonds is 7. The maximum atomic E-state index is 11.9. The van der Waals surface area contributed by atoms with Gasteiger partial charge in [-0.15, -0.1) is 0 Å². The molecular formula is C18H19NO5S. The molecule has 0 aliphatic carbocycles. The molecule has 0 spiro atoms. The third kappa shape index (κ3) is 4.04. The van der Waals surface area contributed by atoms with Crippen LogP contribution < -0.4 is 9.47 Å². The second-order valence-corrected chi connectivity index (χ2v) is 6.48. The van der Waals surface area contributed by atoms with Crippen molar-refractivity contribution in [3.8, 4) is 11.5 Å². The molecule has 1 aliphatic heterocycles. The van der Waals surface area contributed by atoms with Crippen LogP contribution in [0.5, 0.6) is 11.5 Å². The lowest BCUT2D eigenvalue weighted by atomic mass is 10.1. The van der Waals surface area contributed by atoms with E-state index in [1.165, 1.54) is 11.8 Å². The summed E-state index contributed by atoms with van der Waals surface area (Å²) in [6.45, 7) is 4.26. The molecule has 0 saturated carbocycles. The van der Waals surface area contributed by atoms with Crippen molar-refractivity contribution in [2.24, 2.45) is 0 Å². The van der Waals surface area contributed by atoms with Crippen molar-refractivity contribution in [1.82, 2.24) is 4.98 Å². The normalized spacial score (nSPS) is 12.4. The highest BCUT2D eigenvalue weighted by molar-refractivity contribution is 8.00. The zero-order valence-electron chi connectivity index (χ0n) is 14.2. The number of ether oxygens (including phenoxy) is 3. The van der Waals surface area contributed by atoms with Crippen molar-refractivity contribution in [2.45, 2.75) is 31.7 Å². The predicted molar refractivity (Wildman–Crippen MR) is 94.2 cm³/mol. The molecule has 0 atom stereocenters. The molecule has 0 N–H and O–H groups in total. The van der Waals surface area contributed by atoms with E-state index in [-0.39, 0.29) is 31.4 Å². The number of ketones is 1. The van der Waals surface area contributed by atoms with E-state index in [2.05, 4.69) is 11.1 Å². The van der Waals surface area contributed by atoms with E-state index < -0.39 is 5.97 Å². The van der Waals surface area contributed by atoms with Gasteiger partial charge in [-0.2, -0.15) is 0 Å². The monoisotopic (exact) mass is 361 g/mol. The summed E-state index contributed by atoms with van der Waals surface area (Å²) in [5, 5.41) is 1.77. The number of aromatic nitrogens is 1. The van der Waals surface area contributed by atoms with Gasteiger partial charge in [-0.3, -0.25) is 9.59 Å². The van der Waals surface area contributed by atoms with E-state index in [1.807, 2.05) is 19.1 Å². The number of hydrogen-bond acceptors (Lipinski definition) is 7. The summed E-state index contributed by atoms with van der Waals surface area (Å²) in [6, 6.07) is 5.83. The molecule has 132 valence electrons. The van der Waals surface area contributed by atoms with Crippen LogP contribution >= 0.6 is 11.8 Å². The van der Waals surface area contributed by atoms with Crippen LogP contribution in [-0.4, -0.2) is 35.9 Å². The first-order valence-corrected chi connectivity index (χ1v) is 9.12. The van der Waals surface area contributed by atoms with Gasteiger partial charge >= 0.3 is 5.97 Å². The van der Waals surface area contributed by atoms with Crippen LogP contribution in [0.2, 0.25) is 0 Å². The first-order valence-electron chi connectivity index (χ1n) is 8.14. The Morgan fingerprint density at radius 2 is 1.96 bits per heavy atom. The number of carbonyl (C=O) groups is 2. The average molecular weight is 361 g/mol. The summed E-state index contributed by atoms with van der Waals surface area (Å²) in [5.74, 6) is 0.940. The van der Waals surface area contributed by atoms with Gasteiger partial charge < -0.3 is 14.2 Å². The van der Waals surface area contributed by atoms with Gasteiger partial charge in [0, 0.05) is 11.5 Å². The number of carbonyl (C=O) groups excluding carboxylic acids is 2. The van der Waals surface area contributed by atoms with E-state index in [9.17, 15) is 9.59 Å². The highest BCUT2D eigenvalue weighted by Crippen LogP contribution is 2.37. The highest BCUT2D eigenvalue weighted by atomic mass is 32.2. The lowest BCUT2D eigenvalue weighted by Crippen LogP contribution is -2.13. The van der Waals surface area contributed by atoms with Gasteiger partial charge in [0.25, 0.3) is 0 Å². The van der Waals surface area contributed by atoms with Crippen molar-refractivity contribution in [2.75, 3.05) is 19.2 Å². The number of thioether (sulfide) groups is 1. The smallest absolute Gasteiger partial charge is 0.313 e. The lowest BCUT2D eigenvalue weighted by Gasteiger charge is -2.09. The maximum absolute atomic E-state index is 11.9. The van der Waals surface area contributed by atoms with Crippen molar-refractivity contribution in [1.29, 1.82) is 0 Å². The van der Waals surface area contributed by atoms with E-state index in [4.69, 9.17) is 14.2 Å². The van der Waals surface area contributed by atoms with Crippen LogP contribution in [0.15, 0.2) is 23.2 Å². The molecule has 0 fully saturated rings. The lowest BCUT2D eigenvalue weighted by molar-refractivity contribution is -0.145. The van der Waals surface area contributed by atoms with Crippen molar-refractivity contribution in [3.05, 3.63) is 23.8 Å². The fourth-order valence-electron chi connectivity index (χ4n) is 2.54. The van der Waals surface area contributed by atoms with Gasteiger partial charge in [0.2, 0.25) is 6.79 Å². The van der Waals surface area contributed by atoms with Gasteiger partial charge in [0.15, 0.2) is 17.3 Å². The first kappa shape index (κ1) is 17.5. The number of pyridine rings is 1. The molecule has 0 saturated heterocycles. The highest BCUT2D eigenvalue weighted by Gasteiger charge is 2.17. The Balaban J connectivity index is 1.77. The average Bonchev–Trinajstić information content (AvgIpc) is 3.04. The molecule has 0 radical (unpaired) electrons.